The van der Waals surface area contributed by atoms with Gasteiger partial charge in [0.1, 0.15) is 5.01 Å². The second-order valence-corrected chi connectivity index (χ2v) is 11.0. The lowest BCUT2D eigenvalue weighted by Crippen LogP contribution is -2.53. The Morgan fingerprint density at radius 3 is 2.48 bits per heavy atom. The molecule has 2 heterocycles. The second kappa shape index (κ2) is 10.3. The molecule has 1 unspecified atom stereocenters. The van der Waals surface area contributed by atoms with E-state index in [1.165, 1.54) is 16.8 Å². The largest absolute Gasteiger partial charge is 0.354 e. The lowest BCUT2D eigenvalue weighted by atomic mass is 10.1. The third-order valence-electron chi connectivity index (χ3n) is 6.00. The Labute approximate surface area is 198 Å². The quantitative estimate of drug-likeness (QED) is 0.502. The van der Waals surface area contributed by atoms with Crippen LogP contribution in [-0.2, 0) is 27.8 Å². The number of aromatic nitrogens is 1. The number of benzene rings is 2. The molecule has 33 heavy (non-hydrogen) atoms. The number of piperazine rings is 1. The van der Waals surface area contributed by atoms with Crippen molar-refractivity contribution >= 4 is 37.5 Å². The van der Waals surface area contributed by atoms with Gasteiger partial charge in [-0.25, -0.2) is 18.5 Å². The maximum atomic E-state index is 12.6. The number of para-hydroxylation sites is 1. The molecule has 1 amide bonds. The number of hydrogen-bond donors (Lipinski definition) is 2. The Bertz CT molecular complexity index is 1170. The summed E-state index contributed by atoms with van der Waals surface area (Å²) in [5.41, 5.74) is 2.00. The van der Waals surface area contributed by atoms with Gasteiger partial charge in [0.05, 0.1) is 27.7 Å². The van der Waals surface area contributed by atoms with Crippen LogP contribution in [0, 0.1) is 0 Å². The van der Waals surface area contributed by atoms with Crippen LogP contribution in [0.3, 0.4) is 0 Å². The molecule has 1 saturated heterocycles. The summed E-state index contributed by atoms with van der Waals surface area (Å²) >= 11 is 1.75. The summed E-state index contributed by atoms with van der Waals surface area (Å²) in [5, 5.41) is 9.24. The zero-order valence-electron chi connectivity index (χ0n) is 18.6. The van der Waals surface area contributed by atoms with Gasteiger partial charge in [-0.05, 0) is 43.2 Å². The molecule has 0 aliphatic carbocycles. The monoisotopic (exact) mass is 487 g/mol. The number of thiazole rings is 1. The number of carbonyl (C=O) groups is 1. The highest BCUT2D eigenvalue weighted by molar-refractivity contribution is 7.89. The molecule has 4 rings (SSSR count). The smallest absolute Gasteiger partial charge is 0.238 e. The van der Waals surface area contributed by atoms with E-state index in [1.807, 2.05) is 25.1 Å². The molecule has 1 aliphatic rings. The van der Waals surface area contributed by atoms with E-state index in [-0.39, 0.29) is 16.8 Å². The van der Waals surface area contributed by atoms with Crippen molar-refractivity contribution in [2.45, 2.75) is 30.8 Å². The average Bonchev–Trinajstić information content (AvgIpc) is 3.21. The van der Waals surface area contributed by atoms with Crippen LogP contribution in [0.5, 0.6) is 0 Å². The van der Waals surface area contributed by atoms with Gasteiger partial charge >= 0.3 is 0 Å². The minimum absolute atomic E-state index is 0.00998. The number of primary sulfonamides is 1. The molecule has 0 spiro atoms. The van der Waals surface area contributed by atoms with Crippen molar-refractivity contribution in [2.24, 2.45) is 5.14 Å². The van der Waals surface area contributed by atoms with E-state index in [0.29, 0.717) is 13.0 Å². The van der Waals surface area contributed by atoms with Crippen LogP contribution < -0.4 is 10.5 Å². The fraction of sp³-hybridized carbons (Fsp3) is 0.391. The summed E-state index contributed by atoms with van der Waals surface area (Å²) in [5.74, 6) is 0.00998. The van der Waals surface area contributed by atoms with Gasteiger partial charge in [-0.3, -0.25) is 14.6 Å². The minimum atomic E-state index is -3.69. The summed E-state index contributed by atoms with van der Waals surface area (Å²) in [6.07, 6.45) is 0.624. The number of nitrogens with one attached hydrogen (secondary N) is 1. The van der Waals surface area contributed by atoms with Gasteiger partial charge in [0.25, 0.3) is 0 Å². The maximum Gasteiger partial charge on any atom is 0.238 e. The third-order valence-corrected chi connectivity index (χ3v) is 7.95. The third kappa shape index (κ3) is 6.15. The van der Waals surface area contributed by atoms with Crippen molar-refractivity contribution in [3.8, 4) is 0 Å². The van der Waals surface area contributed by atoms with Gasteiger partial charge in [0.15, 0.2) is 0 Å². The predicted molar refractivity (Wildman–Crippen MR) is 130 cm³/mol. The number of nitrogens with two attached hydrogens (primary N) is 1. The zero-order valence-corrected chi connectivity index (χ0v) is 20.2. The van der Waals surface area contributed by atoms with Crippen LogP contribution in [0.1, 0.15) is 17.5 Å². The summed E-state index contributed by atoms with van der Waals surface area (Å²) in [6.45, 7) is 6.78. The van der Waals surface area contributed by atoms with Crippen LogP contribution in [0.15, 0.2) is 53.4 Å². The number of rotatable bonds is 8. The molecule has 1 fully saturated rings. The fourth-order valence-corrected chi connectivity index (χ4v) is 5.50. The number of fused-ring (bicyclic) bond motifs is 1. The number of hydrogen-bond acceptors (Lipinski definition) is 7. The second-order valence-electron chi connectivity index (χ2n) is 8.29. The molecular weight excluding hydrogens is 458 g/mol. The molecule has 1 aliphatic heterocycles. The normalized spacial score (nSPS) is 16.7. The van der Waals surface area contributed by atoms with Crippen molar-refractivity contribution in [1.29, 1.82) is 0 Å². The van der Waals surface area contributed by atoms with Crippen LogP contribution in [0.25, 0.3) is 10.2 Å². The number of nitrogens with zero attached hydrogens (tertiary/aromatic N) is 3. The van der Waals surface area contributed by atoms with Gasteiger partial charge in [-0.1, -0.05) is 24.3 Å². The summed E-state index contributed by atoms with van der Waals surface area (Å²) in [4.78, 5) is 22.0. The van der Waals surface area contributed by atoms with Crippen molar-refractivity contribution in [3.63, 3.8) is 0 Å². The first kappa shape index (κ1) is 23.8. The molecule has 8 nitrogen and oxygen atoms in total. The van der Waals surface area contributed by atoms with Gasteiger partial charge in [-0.2, -0.15) is 0 Å². The van der Waals surface area contributed by atoms with E-state index in [1.54, 1.807) is 23.5 Å². The molecule has 10 heteroatoms. The van der Waals surface area contributed by atoms with Gasteiger partial charge in [0, 0.05) is 32.7 Å². The molecule has 0 radical (unpaired) electrons. The Kier molecular flexibility index (Phi) is 7.40. The van der Waals surface area contributed by atoms with E-state index < -0.39 is 10.0 Å². The lowest BCUT2D eigenvalue weighted by Gasteiger charge is -2.37. The number of amides is 1. The molecule has 0 saturated carbocycles. The van der Waals surface area contributed by atoms with E-state index >= 15 is 0 Å². The Morgan fingerprint density at radius 1 is 1.12 bits per heavy atom. The highest BCUT2D eigenvalue weighted by atomic mass is 32.2. The van der Waals surface area contributed by atoms with Crippen LogP contribution in [0.4, 0.5) is 0 Å². The van der Waals surface area contributed by atoms with E-state index in [9.17, 15) is 13.2 Å². The van der Waals surface area contributed by atoms with Crippen LogP contribution in [0.2, 0.25) is 0 Å². The SMILES string of the molecule is CC(C(=O)NCCc1ccc(S(N)(=O)=O)cc1)N1CCN(Cc2nc3ccccc3s2)CC1. The Morgan fingerprint density at radius 2 is 1.82 bits per heavy atom. The molecule has 3 N–H and O–H groups in total. The molecule has 176 valence electrons. The van der Waals surface area contributed by atoms with E-state index in [0.717, 1.165) is 48.8 Å². The first-order valence-electron chi connectivity index (χ1n) is 11.0. The van der Waals surface area contributed by atoms with Gasteiger partial charge in [-0.15, -0.1) is 11.3 Å². The predicted octanol–water partition coefficient (Wildman–Crippen LogP) is 1.81. The summed E-state index contributed by atoms with van der Waals surface area (Å²) < 4.78 is 23.9. The highest BCUT2D eigenvalue weighted by Crippen LogP contribution is 2.23. The van der Waals surface area contributed by atoms with Gasteiger partial charge in [0.2, 0.25) is 15.9 Å². The average molecular weight is 488 g/mol. The fourth-order valence-electron chi connectivity index (χ4n) is 3.98. The van der Waals surface area contributed by atoms with Crippen molar-refractivity contribution < 1.29 is 13.2 Å². The first-order valence-corrected chi connectivity index (χ1v) is 13.4. The van der Waals surface area contributed by atoms with Crippen LogP contribution in [-0.4, -0.2) is 67.9 Å². The van der Waals surface area contributed by atoms with E-state index in [4.69, 9.17) is 10.1 Å². The Hall–Kier alpha value is -2.37. The summed E-state index contributed by atoms with van der Waals surface area (Å²) in [6, 6.07) is 14.4. The lowest BCUT2D eigenvalue weighted by molar-refractivity contribution is -0.126. The number of carbonyl (C=O) groups excluding carboxylic acids is 1. The minimum Gasteiger partial charge on any atom is -0.354 e. The Balaban J connectivity index is 1.20. The zero-order chi connectivity index (χ0) is 23.4. The molecule has 1 aromatic heterocycles. The highest BCUT2D eigenvalue weighted by Gasteiger charge is 2.25. The van der Waals surface area contributed by atoms with Gasteiger partial charge < -0.3 is 5.32 Å². The van der Waals surface area contributed by atoms with Crippen molar-refractivity contribution in [1.82, 2.24) is 20.1 Å². The first-order chi connectivity index (χ1) is 15.8. The molecule has 3 aromatic rings. The maximum absolute atomic E-state index is 12.6. The molecule has 2 aromatic carbocycles. The van der Waals surface area contributed by atoms with Crippen molar-refractivity contribution in [2.75, 3.05) is 32.7 Å². The molecule has 0 bridgehead atoms. The summed E-state index contributed by atoms with van der Waals surface area (Å²) in [7, 11) is -3.69. The van der Waals surface area contributed by atoms with E-state index in [2.05, 4.69) is 21.2 Å². The number of sulfonamides is 1. The topological polar surface area (TPSA) is 109 Å². The van der Waals surface area contributed by atoms with Crippen LogP contribution >= 0.6 is 11.3 Å². The molecular formula is C23H29N5O3S2. The standard InChI is InChI=1S/C23H29N5O3S2/c1-17(23(29)25-11-10-18-6-8-19(9-7-18)33(24,30)31)28-14-12-27(13-15-28)16-22-26-20-4-2-3-5-21(20)32-22/h2-9,17H,10-16H2,1H3,(H,25,29)(H2,24,30,31). The molecule has 1 atom stereocenters. The van der Waals surface area contributed by atoms with Crippen molar-refractivity contribution in [3.05, 3.63) is 59.1 Å².